The number of hydrogen-bond donors (Lipinski definition) is 2. The van der Waals surface area contributed by atoms with Crippen molar-refractivity contribution in [2.24, 2.45) is 0 Å². The van der Waals surface area contributed by atoms with Crippen molar-refractivity contribution in [1.82, 2.24) is 5.32 Å². The molecule has 2 N–H and O–H groups in total. The summed E-state index contributed by atoms with van der Waals surface area (Å²) in [5.74, 6) is -1.08. The first kappa shape index (κ1) is 17.9. The first-order chi connectivity index (χ1) is 13.6. The van der Waals surface area contributed by atoms with Gasteiger partial charge in [-0.1, -0.05) is 67.6 Å². The molecule has 0 atom stereocenters. The number of ether oxygens (including phenoxy) is 2. The predicted molar refractivity (Wildman–Crippen MR) is 106 cm³/mol. The van der Waals surface area contributed by atoms with Gasteiger partial charge in [-0.25, -0.2) is 0 Å². The molecule has 1 heterocycles. The number of carbonyl (C=O) groups is 1. The molecular weight excluding hydrogens is 354 g/mol. The molecule has 0 saturated heterocycles. The van der Waals surface area contributed by atoms with Gasteiger partial charge in [-0.3, -0.25) is 4.79 Å². The first-order valence-corrected chi connectivity index (χ1v) is 9.28. The van der Waals surface area contributed by atoms with Gasteiger partial charge in [0.2, 0.25) is 5.75 Å². The lowest BCUT2D eigenvalue weighted by molar-refractivity contribution is -0.0467. The van der Waals surface area contributed by atoms with Crippen molar-refractivity contribution in [2.75, 3.05) is 6.54 Å². The van der Waals surface area contributed by atoms with Gasteiger partial charge in [0, 0.05) is 23.2 Å². The summed E-state index contributed by atoms with van der Waals surface area (Å²) in [5, 5.41) is 13.3. The molecule has 0 aliphatic carbocycles. The van der Waals surface area contributed by atoms with Crippen LogP contribution in [0.2, 0.25) is 0 Å². The van der Waals surface area contributed by atoms with Crippen LogP contribution in [0, 0.1) is 0 Å². The zero-order valence-corrected chi connectivity index (χ0v) is 15.5. The number of hydrogen-bond acceptors (Lipinski definition) is 4. The van der Waals surface area contributed by atoms with Crippen LogP contribution in [0.4, 0.5) is 0 Å². The third-order valence-corrected chi connectivity index (χ3v) is 4.64. The Morgan fingerprint density at radius 3 is 2.14 bits per heavy atom. The van der Waals surface area contributed by atoms with Gasteiger partial charge in [0.1, 0.15) is 0 Å². The molecule has 0 aromatic heterocycles. The summed E-state index contributed by atoms with van der Waals surface area (Å²) >= 11 is 0. The third-order valence-electron chi connectivity index (χ3n) is 4.64. The van der Waals surface area contributed by atoms with Crippen LogP contribution in [0.15, 0.2) is 72.8 Å². The van der Waals surface area contributed by atoms with Crippen molar-refractivity contribution < 1.29 is 19.4 Å². The molecule has 0 spiro atoms. The number of phenolic OH excluding ortho intramolecular Hbond substituents is 1. The molecule has 4 rings (SSSR count). The van der Waals surface area contributed by atoms with Crippen LogP contribution in [0.1, 0.15) is 34.8 Å². The minimum absolute atomic E-state index is 0.132. The second kappa shape index (κ2) is 7.27. The Hall–Kier alpha value is -3.47. The molecule has 0 saturated carbocycles. The molecule has 1 aliphatic heterocycles. The Bertz CT molecular complexity index is 947. The lowest BCUT2D eigenvalue weighted by atomic mass is 9.97. The van der Waals surface area contributed by atoms with Gasteiger partial charge >= 0.3 is 5.79 Å². The number of rotatable bonds is 5. The predicted octanol–water partition coefficient (Wildman–Crippen LogP) is 4.20. The van der Waals surface area contributed by atoms with Gasteiger partial charge in [-0.05, 0) is 18.6 Å². The van der Waals surface area contributed by atoms with Gasteiger partial charge in [-0.2, -0.15) is 0 Å². The fraction of sp³-hybridized carbons (Fsp3) is 0.174. The van der Waals surface area contributed by atoms with E-state index < -0.39 is 5.79 Å². The minimum Gasteiger partial charge on any atom is -0.504 e. The third kappa shape index (κ3) is 3.05. The molecule has 5 heteroatoms. The maximum Gasteiger partial charge on any atom is 0.305 e. The average molecular weight is 375 g/mol. The molecule has 3 aromatic rings. The largest absolute Gasteiger partial charge is 0.504 e. The van der Waals surface area contributed by atoms with Crippen molar-refractivity contribution >= 4 is 5.91 Å². The van der Waals surface area contributed by atoms with E-state index in [0.717, 1.165) is 17.5 Å². The van der Waals surface area contributed by atoms with E-state index in [1.807, 2.05) is 67.6 Å². The maximum atomic E-state index is 12.3. The van der Waals surface area contributed by atoms with Gasteiger partial charge in [-0.15, -0.1) is 0 Å². The molecular formula is C23H21NO4. The van der Waals surface area contributed by atoms with E-state index >= 15 is 0 Å². The zero-order chi connectivity index (χ0) is 19.6. The highest BCUT2D eigenvalue weighted by Crippen LogP contribution is 2.52. The van der Waals surface area contributed by atoms with Crippen molar-refractivity contribution in [2.45, 2.75) is 19.1 Å². The Balaban J connectivity index is 1.79. The van der Waals surface area contributed by atoms with Gasteiger partial charge in [0.15, 0.2) is 11.5 Å². The summed E-state index contributed by atoms with van der Waals surface area (Å²) < 4.78 is 12.5. The second-order valence-corrected chi connectivity index (χ2v) is 6.63. The highest BCUT2D eigenvalue weighted by atomic mass is 16.7. The number of fused-ring (bicyclic) bond motifs is 1. The smallest absolute Gasteiger partial charge is 0.305 e. The van der Waals surface area contributed by atoms with E-state index in [1.165, 1.54) is 6.07 Å². The highest BCUT2D eigenvalue weighted by Gasteiger charge is 2.46. The number of carbonyl (C=O) groups excluding carboxylic acids is 1. The topological polar surface area (TPSA) is 67.8 Å². The molecule has 142 valence electrons. The fourth-order valence-electron chi connectivity index (χ4n) is 3.27. The molecule has 28 heavy (non-hydrogen) atoms. The van der Waals surface area contributed by atoms with E-state index in [0.29, 0.717) is 17.9 Å². The van der Waals surface area contributed by atoms with Crippen molar-refractivity contribution in [3.05, 3.63) is 89.5 Å². The zero-order valence-electron chi connectivity index (χ0n) is 15.5. The molecule has 1 amide bonds. The Morgan fingerprint density at radius 2 is 1.57 bits per heavy atom. The van der Waals surface area contributed by atoms with E-state index in [2.05, 4.69) is 5.32 Å². The fourth-order valence-corrected chi connectivity index (χ4v) is 3.27. The van der Waals surface area contributed by atoms with Crippen LogP contribution in [-0.4, -0.2) is 17.6 Å². The molecule has 0 radical (unpaired) electrons. The van der Waals surface area contributed by atoms with Crippen LogP contribution in [-0.2, 0) is 5.79 Å². The number of nitrogens with one attached hydrogen (secondary N) is 1. The maximum absolute atomic E-state index is 12.3. The quantitative estimate of drug-likeness (QED) is 0.701. The summed E-state index contributed by atoms with van der Waals surface area (Å²) in [6.45, 7) is 2.54. The van der Waals surface area contributed by atoms with Crippen LogP contribution in [0.25, 0.3) is 0 Å². The van der Waals surface area contributed by atoms with Gasteiger partial charge in [0.05, 0.1) is 0 Å². The van der Waals surface area contributed by atoms with E-state index in [-0.39, 0.29) is 17.4 Å². The molecule has 0 fully saturated rings. The first-order valence-electron chi connectivity index (χ1n) is 9.28. The molecule has 3 aromatic carbocycles. The number of aromatic hydroxyl groups is 1. The Kier molecular flexibility index (Phi) is 4.65. The normalized spacial score (nSPS) is 13.9. The van der Waals surface area contributed by atoms with E-state index in [4.69, 9.17) is 9.47 Å². The van der Waals surface area contributed by atoms with Gasteiger partial charge < -0.3 is 19.9 Å². The summed E-state index contributed by atoms with van der Waals surface area (Å²) in [4.78, 5) is 12.3. The van der Waals surface area contributed by atoms with Crippen LogP contribution < -0.4 is 14.8 Å². The van der Waals surface area contributed by atoms with Crippen molar-refractivity contribution in [3.63, 3.8) is 0 Å². The lowest BCUT2D eigenvalue weighted by Crippen LogP contribution is -2.36. The number of benzene rings is 3. The standard InChI is InChI=1S/C23H21NO4/c1-2-13-24-22(26)16-14-19(25)21-20(15-16)27-23(28-21,17-9-5-3-6-10-17)18-11-7-4-8-12-18/h3-12,14-15,25H,2,13H2,1H3,(H,24,26). The average Bonchev–Trinajstić information content (AvgIpc) is 3.15. The molecule has 0 bridgehead atoms. The molecule has 5 nitrogen and oxygen atoms in total. The monoisotopic (exact) mass is 375 g/mol. The molecule has 0 unspecified atom stereocenters. The highest BCUT2D eigenvalue weighted by molar-refractivity contribution is 5.95. The summed E-state index contributed by atoms with van der Waals surface area (Å²) in [6, 6.07) is 22.1. The van der Waals surface area contributed by atoms with Crippen molar-refractivity contribution in [3.8, 4) is 17.2 Å². The van der Waals surface area contributed by atoms with E-state index in [9.17, 15) is 9.90 Å². The van der Waals surface area contributed by atoms with Crippen LogP contribution in [0.5, 0.6) is 17.2 Å². The van der Waals surface area contributed by atoms with Crippen LogP contribution >= 0.6 is 0 Å². The molecule has 1 aliphatic rings. The summed E-state index contributed by atoms with van der Waals surface area (Å²) in [5.41, 5.74) is 1.90. The van der Waals surface area contributed by atoms with Crippen LogP contribution in [0.3, 0.4) is 0 Å². The lowest BCUT2D eigenvalue weighted by Gasteiger charge is -2.28. The second-order valence-electron chi connectivity index (χ2n) is 6.63. The SMILES string of the molecule is CCCNC(=O)c1cc(O)c2c(c1)OC(c1ccccc1)(c1ccccc1)O2. The Morgan fingerprint density at radius 1 is 0.964 bits per heavy atom. The Labute approximate surface area is 163 Å². The van der Waals surface area contributed by atoms with Gasteiger partial charge in [0.25, 0.3) is 5.91 Å². The minimum atomic E-state index is -1.24. The number of amides is 1. The summed E-state index contributed by atoms with van der Waals surface area (Å²) in [6.07, 6.45) is 0.827. The van der Waals surface area contributed by atoms with Crippen molar-refractivity contribution in [1.29, 1.82) is 0 Å². The summed E-state index contributed by atoms with van der Waals surface area (Å²) in [7, 11) is 0. The van der Waals surface area contributed by atoms with E-state index in [1.54, 1.807) is 6.07 Å². The number of phenols is 1.